The van der Waals surface area contributed by atoms with Crippen LogP contribution in [0.2, 0.25) is 0 Å². The summed E-state index contributed by atoms with van der Waals surface area (Å²) in [7, 11) is 1.19. The fraction of sp³-hybridized carbons (Fsp3) is 1.00. The first kappa shape index (κ1) is 35.6. The van der Waals surface area contributed by atoms with Gasteiger partial charge in [-0.15, -0.1) is 0 Å². The third-order valence-electron chi connectivity index (χ3n) is 9.48. The fourth-order valence-corrected chi connectivity index (χ4v) is 9.86. The van der Waals surface area contributed by atoms with Crippen LogP contribution in [0.15, 0.2) is 5.11 Å². The average Bonchev–Trinajstić information content (AvgIpc) is 3.55. The van der Waals surface area contributed by atoms with Crippen molar-refractivity contribution in [2.24, 2.45) is 5.11 Å². The smallest absolute Gasteiger partial charge is 0.294 e. The molecule has 7 aliphatic heterocycles. The monoisotopic (exact) mass is 733 g/mol. The quantitative estimate of drug-likeness (QED) is 0.0456. The van der Waals surface area contributed by atoms with Crippen LogP contribution < -0.4 is 0 Å². The van der Waals surface area contributed by atoms with Gasteiger partial charge in [-0.2, -0.15) is 0 Å². The van der Waals surface area contributed by atoms with Crippen molar-refractivity contribution in [3.63, 3.8) is 0 Å². The molecule has 24 heteroatoms. The average molecular weight is 734 g/mol. The van der Waals surface area contributed by atoms with Crippen molar-refractivity contribution in [3.05, 3.63) is 10.4 Å². The van der Waals surface area contributed by atoms with E-state index in [9.17, 15) is 56.6 Å². The number of aliphatic hydroxyl groups is 10. The highest BCUT2D eigenvalue weighted by atomic mass is 33.1. The van der Waals surface area contributed by atoms with Gasteiger partial charge in [0.2, 0.25) is 4.93 Å². The Labute approximate surface area is 277 Å². The summed E-state index contributed by atoms with van der Waals surface area (Å²) in [5.41, 5.74) is 9.37. The second-order valence-electron chi connectivity index (χ2n) is 12.2. The molecule has 0 aliphatic carbocycles. The molecule has 272 valence electrons. The molecule has 7 rings (SSSR count). The Morgan fingerprint density at radius 3 is 2.00 bits per heavy atom. The van der Waals surface area contributed by atoms with Crippen LogP contribution in [0, 0.1) is 0 Å². The van der Waals surface area contributed by atoms with Gasteiger partial charge in [0.05, 0.1) is 26.4 Å². The van der Waals surface area contributed by atoms with Gasteiger partial charge in [0, 0.05) is 4.91 Å². The van der Waals surface area contributed by atoms with Crippen LogP contribution in [-0.4, -0.2) is 198 Å². The molecule has 0 aromatic heterocycles. The van der Waals surface area contributed by atoms with E-state index in [1.165, 1.54) is 0 Å². The summed E-state index contributed by atoms with van der Waals surface area (Å²) in [6.45, 7) is -1.93. The minimum Gasteiger partial charge on any atom is -0.394 e. The molecule has 20 atom stereocenters. The fourth-order valence-electron chi connectivity index (χ4n) is 6.86. The summed E-state index contributed by atoms with van der Waals surface area (Å²) in [5.74, 6) is -2.77. The first-order valence-corrected chi connectivity index (χ1v) is 17.0. The summed E-state index contributed by atoms with van der Waals surface area (Å²) in [6.07, 6.45) is -24.7. The Hall–Kier alpha value is -0.750. The molecule has 7 saturated heterocycles. The van der Waals surface area contributed by atoms with E-state index >= 15 is 0 Å². The van der Waals surface area contributed by atoms with Crippen LogP contribution in [0.1, 0.15) is 0 Å². The van der Waals surface area contributed by atoms with E-state index in [1.807, 2.05) is 0 Å². The first-order chi connectivity index (χ1) is 22.8. The molecule has 0 radical (unpaired) electrons. The zero-order valence-electron chi connectivity index (χ0n) is 24.4. The normalized spacial score (nSPS) is 57.4. The highest BCUT2D eigenvalue weighted by Gasteiger charge is 2.81. The number of nitrogens with zero attached hydrogens (tertiary/aromatic N) is 3. The van der Waals surface area contributed by atoms with Crippen molar-refractivity contribution in [3.8, 4) is 0 Å². The molecule has 0 aromatic rings. The largest absolute Gasteiger partial charge is 0.394 e. The molecule has 0 spiro atoms. The first-order valence-electron chi connectivity index (χ1n) is 14.9. The molecule has 7 aliphatic rings. The Bertz CT molecular complexity index is 1260. The molecular weight excluding hydrogens is 698 g/mol. The number of hydrogen-bond donors (Lipinski definition) is 10. The Morgan fingerprint density at radius 2 is 1.38 bits per heavy atom. The molecule has 7 heterocycles. The van der Waals surface area contributed by atoms with Crippen molar-refractivity contribution >= 4 is 21.6 Å². The lowest BCUT2D eigenvalue weighted by molar-refractivity contribution is -0.410. The van der Waals surface area contributed by atoms with Crippen LogP contribution in [0.5, 0.6) is 0 Å². The van der Waals surface area contributed by atoms with Crippen molar-refractivity contribution in [1.82, 2.24) is 0 Å². The van der Waals surface area contributed by atoms with Gasteiger partial charge in [-0.05, 0) is 32.2 Å². The van der Waals surface area contributed by atoms with E-state index in [2.05, 4.69) is 10.0 Å². The lowest BCUT2D eigenvalue weighted by atomic mass is 9.94. The van der Waals surface area contributed by atoms with Crippen LogP contribution in [0.3, 0.4) is 0 Å². The Morgan fingerprint density at radius 1 is 0.750 bits per heavy atom. The Kier molecular flexibility index (Phi) is 9.68. The maximum atomic E-state index is 11.4. The second kappa shape index (κ2) is 13.0. The van der Waals surface area contributed by atoms with Crippen molar-refractivity contribution in [2.75, 3.05) is 26.4 Å². The third-order valence-corrected chi connectivity index (χ3v) is 13.0. The molecule has 4 bridgehead atoms. The van der Waals surface area contributed by atoms with Gasteiger partial charge in [-0.3, -0.25) is 0 Å². The van der Waals surface area contributed by atoms with Crippen LogP contribution in [-0.2, 0) is 42.6 Å². The molecule has 10 N–H and O–H groups in total. The lowest BCUT2D eigenvalue weighted by Crippen LogP contribution is -2.81. The van der Waals surface area contributed by atoms with Crippen LogP contribution in [0.4, 0.5) is 0 Å². The highest BCUT2D eigenvalue weighted by Crippen LogP contribution is 2.71. The number of hydrogen-bond acceptors (Lipinski definition) is 22. The summed E-state index contributed by atoms with van der Waals surface area (Å²) in [6, 6.07) is 0. The minimum atomic E-state index is -2.77. The summed E-state index contributed by atoms with van der Waals surface area (Å²) >= 11 is 0. The molecule has 0 aromatic carbocycles. The van der Waals surface area contributed by atoms with Gasteiger partial charge < -0.3 is 93.7 Å². The zero-order valence-corrected chi connectivity index (χ0v) is 26.1. The number of fused-ring (bicyclic) bond motifs is 5. The van der Waals surface area contributed by atoms with E-state index in [0.29, 0.717) is 21.6 Å². The molecule has 0 amide bonds. The summed E-state index contributed by atoms with van der Waals surface area (Å²) < 4.78 is 51.1. The SMILES string of the molecule is [N-]=[N+]=N[C@]1(O[C@@H]2[C@H]3OC[C@@H]2O[C@@H](O[C@@H]2[C@@H](O)[C@H](O[C@@H]4[C@H]5OC[C@@H]4O[C@@H](O)[C@H]5O)O[C@H](CO)[C@H]2O)[C@H]3O)O[C@H](CO)[C@@H](O)[C@]2(O)SS[C@]12O. The number of rotatable bonds is 9. The maximum Gasteiger partial charge on any atom is 0.294 e. The van der Waals surface area contributed by atoms with Gasteiger partial charge in [0.15, 0.2) is 23.8 Å². The third kappa shape index (κ3) is 5.22. The van der Waals surface area contributed by atoms with Gasteiger partial charge in [0.25, 0.3) is 5.91 Å². The molecule has 0 saturated carbocycles. The van der Waals surface area contributed by atoms with E-state index in [-0.39, 0.29) is 13.2 Å². The van der Waals surface area contributed by atoms with Gasteiger partial charge in [-0.1, -0.05) is 0 Å². The molecule has 7 fully saturated rings. The Balaban J connectivity index is 1.08. The highest BCUT2D eigenvalue weighted by molar-refractivity contribution is 8.80. The molecule has 48 heavy (non-hydrogen) atoms. The van der Waals surface area contributed by atoms with E-state index in [1.54, 1.807) is 0 Å². The number of azide groups is 1. The summed E-state index contributed by atoms with van der Waals surface area (Å²) in [4.78, 5) is -2.34. The lowest BCUT2D eigenvalue weighted by Gasteiger charge is -2.63. The number of aliphatic hydroxyl groups excluding tert-OH is 8. The predicted molar refractivity (Wildman–Crippen MR) is 148 cm³/mol. The standard InChI is InChI=1S/C24H35N3O19S2/c25-27-26-24(23(37)22(36,47-48-23)18(34)6(2-29)45-24)46-14-8-4-39-17(14)12(33)21(42-8)44-15-9(30)5(1-28)41-20(11(15)32)43-13-7-3-38-16(13)10(31)19(35)40-7/h5-21,28-37H,1-4H2/t5-,6-,7+,8+,9-,10+,11-,12+,13+,14+,15+,16+,17+,18-,19-,20+,21+,22+,23+,24+/m1/s1. The van der Waals surface area contributed by atoms with Crippen LogP contribution in [0.25, 0.3) is 10.4 Å². The van der Waals surface area contributed by atoms with Gasteiger partial charge in [0.1, 0.15) is 85.5 Å². The summed E-state index contributed by atoms with van der Waals surface area (Å²) in [5, 5.41) is 110. The zero-order chi connectivity index (χ0) is 34.3. The number of ether oxygens (including phenoxy) is 9. The van der Waals surface area contributed by atoms with Crippen LogP contribution >= 0.6 is 21.6 Å². The van der Waals surface area contributed by atoms with Crippen molar-refractivity contribution in [2.45, 2.75) is 120 Å². The minimum absolute atomic E-state index is 0.0478. The second-order valence-corrected chi connectivity index (χ2v) is 14.8. The van der Waals surface area contributed by atoms with E-state index in [4.69, 9.17) is 42.6 Å². The van der Waals surface area contributed by atoms with Crippen molar-refractivity contribution < 1.29 is 93.7 Å². The molecular formula is C24H35N3O19S2. The predicted octanol–water partition coefficient (Wildman–Crippen LogP) is -5.97. The topological polar surface area (TPSA) is 334 Å². The van der Waals surface area contributed by atoms with Gasteiger partial charge >= 0.3 is 0 Å². The molecule has 0 unspecified atom stereocenters. The van der Waals surface area contributed by atoms with E-state index < -0.39 is 133 Å². The maximum absolute atomic E-state index is 11.4. The molecule has 22 nitrogen and oxygen atoms in total. The van der Waals surface area contributed by atoms with Gasteiger partial charge in [-0.25, -0.2) is 0 Å². The van der Waals surface area contributed by atoms with E-state index in [0.717, 1.165) is 0 Å². The van der Waals surface area contributed by atoms with Crippen molar-refractivity contribution in [1.29, 1.82) is 0 Å².